The third kappa shape index (κ3) is 5.10. The Bertz CT molecular complexity index is 1020. The second kappa shape index (κ2) is 8.30. The lowest BCUT2D eigenvalue weighted by Gasteiger charge is -2.19. The first-order valence-corrected chi connectivity index (χ1v) is 9.49. The van der Waals surface area contributed by atoms with E-state index in [0.29, 0.717) is 35.9 Å². The highest BCUT2D eigenvalue weighted by Crippen LogP contribution is 2.22. The van der Waals surface area contributed by atoms with Gasteiger partial charge in [-0.15, -0.1) is 0 Å². The van der Waals surface area contributed by atoms with Crippen molar-refractivity contribution in [2.45, 2.75) is 33.1 Å². The molecule has 0 saturated heterocycles. The third-order valence-electron chi connectivity index (χ3n) is 4.42. The van der Waals surface area contributed by atoms with Crippen LogP contribution in [0.4, 0.5) is 11.6 Å². The Morgan fingerprint density at radius 3 is 2.45 bits per heavy atom. The van der Waals surface area contributed by atoms with Gasteiger partial charge in [0.2, 0.25) is 5.91 Å². The lowest BCUT2D eigenvalue weighted by molar-refractivity contribution is -0.118. The first-order valence-electron chi connectivity index (χ1n) is 9.49. The molecule has 0 bridgehead atoms. The number of nitrogens with one attached hydrogen (secondary N) is 3. The van der Waals surface area contributed by atoms with Gasteiger partial charge in [0, 0.05) is 37.7 Å². The van der Waals surface area contributed by atoms with Crippen LogP contribution in [0.15, 0.2) is 42.6 Å². The number of anilines is 2. The summed E-state index contributed by atoms with van der Waals surface area (Å²) in [6.45, 7) is 8.86. The average molecular weight is 394 g/mol. The molecule has 8 heteroatoms. The molecule has 2 heterocycles. The van der Waals surface area contributed by atoms with Gasteiger partial charge >= 0.3 is 0 Å². The predicted octanol–water partition coefficient (Wildman–Crippen LogP) is 2.83. The number of benzene rings is 1. The third-order valence-corrected chi connectivity index (χ3v) is 4.42. The van der Waals surface area contributed by atoms with Crippen molar-refractivity contribution in [3.63, 3.8) is 0 Å². The van der Waals surface area contributed by atoms with Crippen LogP contribution in [-0.2, 0) is 10.2 Å². The summed E-state index contributed by atoms with van der Waals surface area (Å²) in [4.78, 5) is 28.1. The number of amides is 2. The molecule has 0 unspecified atom stereocenters. The van der Waals surface area contributed by atoms with Crippen LogP contribution in [0.25, 0.3) is 5.65 Å². The molecule has 3 N–H and O–H groups in total. The van der Waals surface area contributed by atoms with Crippen molar-refractivity contribution in [1.82, 2.24) is 19.9 Å². The van der Waals surface area contributed by atoms with E-state index in [-0.39, 0.29) is 17.2 Å². The number of fused-ring (bicyclic) bond motifs is 1. The van der Waals surface area contributed by atoms with E-state index < -0.39 is 0 Å². The van der Waals surface area contributed by atoms with Crippen molar-refractivity contribution >= 4 is 29.1 Å². The maximum atomic E-state index is 12.7. The molecule has 152 valence electrons. The van der Waals surface area contributed by atoms with Gasteiger partial charge in [-0.1, -0.05) is 32.9 Å². The zero-order chi connectivity index (χ0) is 21.0. The van der Waals surface area contributed by atoms with E-state index in [1.807, 2.05) is 24.3 Å². The number of aromatic nitrogens is 3. The zero-order valence-electron chi connectivity index (χ0n) is 17.1. The van der Waals surface area contributed by atoms with E-state index in [1.54, 1.807) is 22.8 Å². The molecule has 2 amide bonds. The van der Waals surface area contributed by atoms with E-state index in [0.717, 1.165) is 0 Å². The summed E-state index contributed by atoms with van der Waals surface area (Å²) < 4.78 is 1.64. The molecule has 0 aliphatic heterocycles. The summed E-state index contributed by atoms with van der Waals surface area (Å²) in [6, 6.07) is 11.1. The van der Waals surface area contributed by atoms with E-state index in [9.17, 15) is 9.59 Å². The minimum Gasteiger partial charge on any atom is -0.368 e. The molecule has 0 atom stereocenters. The first-order chi connectivity index (χ1) is 13.7. The molecule has 0 aliphatic carbocycles. The zero-order valence-corrected chi connectivity index (χ0v) is 17.1. The Balaban J connectivity index is 1.75. The molecule has 0 radical (unpaired) electrons. The fourth-order valence-electron chi connectivity index (χ4n) is 2.84. The molecule has 3 aromatic rings. The summed E-state index contributed by atoms with van der Waals surface area (Å²) in [5.41, 5.74) is 2.36. The number of nitrogens with zero attached hydrogens (tertiary/aromatic N) is 3. The fourth-order valence-corrected chi connectivity index (χ4v) is 2.84. The van der Waals surface area contributed by atoms with Crippen LogP contribution < -0.4 is 16.0 Å². The monoisotopic (exact) mass is 394 g/mol. The Hall–Kier alpha value is -3.42. The highest BCUT2D eigenvalue weighted by Gasteiger charge is 2.15. The van der Waals surface area contributed by atoms with E-state index in [1.165, 1.54) is 12.5 Å². The topological polar surface area (TPSA) is 100 Å². The quantitative estimate of drug-likeness (QED) is 0.558. The predicted molar refractivity (Wildman–Crippen MR) is 113 cm³/mol. The largest absolute Gasteiger partial charge is 0.368 e. The van der Waals surface area contributed by atoms with Crippen molar-refractivity contribution in [3.8, 4) is 0 Å². The normalized spacial score (nSPS) is 11.3. The minimum absolute atomic E-state index is 0.0292. The molecule has 0 aliphatic rings. The molecule has 1 aromatic carbocycles. The smallest absolute Gasteiger partial charge is 0.256 e. The Morgan fingerprint density at radius 1 is 1.07 bits per heavy atom. The number of carbonyl (C=O) groups is 2. The van der Waals surface area contributed by atoms with Gasteiger partial charge in [0.1, 0.15) is 11.6 Å². The molecule has 8 nitrogen and oxygen atoms in total. The standard InChI is InChI=1S/C21H26N6O2/c1-14(28)22-11-12-23-19-13-17(25-18-9-10-24-27(18)19)26-20(29)15-5-7-16(8-6-15)21(2,3)4/h5-10,13,23H,11-12H2,1-4H3,(H,22,28)(H,25,26,29). The van der Waals surface area contributed by atoms with Crippen molar-refractivity contribution in [2.75, 3.05) is 23.7 Å². The number of hydrogen-bond donors (Lipinski definition) is 3. The first kappa shape index (κ1) is 20.3. The summed E-state index contributed by atoms with van der Waals surface area (Å²) in [6.07, 6.45) is 1.64. The van der Waals surface area contributed by atoms with Crippen molar-refractivity contribution in [2.24, 2.45) is 0 Å². The molecule has 29 heavy (non-hydrogen) atoms. The van der Waals surface area contributed by atoms with Crippen LogP contribution in [0.1, 0.15) is 43.6 Å². The van der Waals surface area contributed by atoms with Crippen molar-refractivity contribution in [3.05, 3.63) is 53.7 Å². The Morgan fingerprint density at radius 2 is 1.79 bits per heavy atom. The maximum Gasteiger partial charge on any atom is 0.256 e. The molecule has 0 saturated carbocycles. The summed E-state index contributed by atoms with van der Waals surface area (Å²) in [7, 11) is 0. The minimum atomic E-state index is -0.231. The maximum absolute atomic E-state index is 12.7. The lowest BCUT2D eigenvalue weighted by atomic mass is 9.87. The van der Waals surface area contributed by atoms with Crippen LogP contribution in [0.5, 0.6) is 0 Å². The van der Waals surface area contributed by atoms with Gasteiger partial charge in [0.15, 0.2) is 5.65 Å². The second-order valence-corrected chi connectivity index (χ2v) is 7.82. The number of hydrogen-bond acceptors (Lipinski definition) is 5. The van der Waals surface area contributed by atoms with Gasteiger partial charge in [-0.2, -0.15) is 9.61 Å². The molecule has 2 aromatic heterocycles. The fraction of sp³-hybridized carbons (Fsp3) is 0.333. The van der Waals surface area contributed by atoms with E-state index >= 15 is 0 Å². The van der Waals surface area contributed by atoms with E-state index in [4.69, 9.17) is 0 Å². The van der Waals surface area contributed by atoms with Crippen LogP contribution >= 0.6 is 0 Å². The van der Waals surface area contributed by atoms with Crippen LogP contribution in [-0.4, -0.2) is 39.5 Å². The van der Waals surface area contributed by atoms with Gasteiger partial charge in [0.25, 0.3) is 5.91 Å². The van der Waals surface area contributed by atoms with Gasteiger partial charge in [0.05, 0.1) is 6.20 Å². The Labute approximate surface area is 169 Å². The highest BCUT2D eigenvalue weighted by atomic mass is 16.2. The van der Waals surface area contributed by atoms with Crippen LogP contribution in [0.2, 0.25) is 0 Å². The van der Waals surface area contributed by atoms with Crippen molar-refractivity contribution in [1.29, 1.82) is 0 Å². The van der Waals surface area contributed by atoms with Crippen molar-refractivity contribution < 1.29 is 9.59 Å². The molecule has 0 fully saturated rings. The molecule has 3 rings (SSSR count). The summed E-state index contributed by atoms with van der Waals surface area (Å²) in [5, 5.41) is 13.0. The second-order valence-electron chi connectivity index (χ2n) is 7.82. The lowest BCUT2D eigenvalue weighted by Crippen LogP contribution is -2.26. The van der Waals surface area contributed by atoms with Gasteiger partial charge in [-0.25, -0.2) is 4.98 Å². The van der Waals surface area contributed by atoms with Crippen LogP contribution in [0, 0.1) is 0 Å². The summed E-state index contributed by atoms with van der Waals surface area (Å²) >= 11 is 0. The number of rotatable bonds is 6. The van der Waals surface area contributed by atoms with E-state index in [2.05, 4.69) is 46.8 Å². The van der Waals surface area contributed by atoms with Gasteiger partial charge in [-0.3, -0.25) is 9.59 Å². The number of carbonyl (C=O) groups excluding carboxylic acids is 2. The Kier molecular flexibility index (Phi) is 5.81. The van der Waals surface area contributed by atoms with Gasteiger partial charge in [-0.05, 0) is 23.1 Å². The summed E-state index contributed by atoms with van der Waals surface area (Å²) in [5.74, 6) is 0.774. The molecule has 0 spiro atoms. The van der Waals surface area contributed by atoms with Gasteiger partial charge < -0.3 is 16.0 Å². The van der Waals surface area contributed by atoms with Crippen LogP contribution in [0.3, 0.4) is 0 Å². The molecular formula is C21H26N6O2. The SMILES string of the molecule is CC(=O)NCCNc1cc(NC(=O)c2ccc(C(C)(C)C)cc2)nc2ccnn12. The average Bonchev–Trinajstić information content (AvgIpc) is 3.13. The molecular weight excluding hydrogens is 368 g/mol. The highest BCUT2D eigenvalue weighted by molar-refractivity contribution is 6.04.